The number of carbonyl (C=O) groups excluding carboxylic acids is 1. The Kier molecular flexibility index (Phi) is 4.17. The molecule has 0 bridgehead atoms. The zero-order valence-electron chi connectivity index (χ0n) is 13.0. The molecule has 1 saturated carbocycles. The van der Waals surface area contributed by atoms with Crippen molar-refractivity contribution in [1.82, 2.24) is 4.98 Å². The summed E-state index contributed by atoms with van der Waals surface area (Å²) in [6.45, 7) is 9.09. The van der Waals surface area contributed by atoms with Crippen LogP contribution in [-0.4, -0.2) is 17.6 Å². The molecule has 0 aromatic carbocycles. The van der Waals surface area contributed by atoms with Crippen LogP contribution in [0.5, 0.6) is 0 Å². The third kappa shape index (κ3) is 2.87. The normalized spacial score (nSPS) is 19.6. The number of hydrogen-bond acceptors (Lipinski definition) is 3. The number of unbranched alkanes of at least 4 members (excludes halogenated alkanes) is 1. The van der Waals surface area contributed by atoms with Crippen molar-refractivity contribution in [3.8, 4) is 0 Å². The summed E-state index contributed by atoms with van der Waals surface area (Å²) in [7, 11) is 0. The van der Waals surface area contributed by atoms with E-state index in [4.69, 9.17) is 4.74 Å². The minimum atomic E-state index is -0.0265. The second-order valence-electron chi connectivity index (χ2n) is 6.86. The van der Waals surface area contributed by atoms with Gasteiger partial charge in [-0.05, 0) is 41.7 Å². The van der Waals surface area contributed by atoms with Crippen LogP contribution in [0, 0.1) is 16.7 Å². The number of carbonyl (C=O) groups is 1. The Labute approximate surface area is 121 Å². The largest absolute Gasteiger partial charge is 0.465 e. The number of aryl methyl sites for hydroxylation is 1. The molecule has 2 rings (SSSR count). The van der Waals surface area contributed by atoms with Crippen molar-refractivity contribution in [3.05, 3.63) is 30.1 Å². The molecule has 1 aromatic heterocycles. The van der Waals surface area contributed by atoms with Gasteiger partial charge < -0.3 is 4.74 Å². The molecule has 1 fully saturated rings. The number of ether oxygens (including phenoxy) is 1. The molecule has 0 aliphatic heterocycles. The first kappa shape index (κ1) is 15.0. The van der Waals surface area contributed by atoms with Crippen molar-refractivity contribution in [2.45, 2.75) is 47.0 Å². The molecule has 0 unspecified atom stereocenters. The summed E-state index contributed by atoms with van der Waals surface area (Å²) < 4.78 is 5.42. The van der Waals surface area contributed by atoms with Crippen LogP contribution < -0.4 is 0 Å². The lowest BCUT2D eigenvalue weighted by Gasteiger charge is -2.06. The maximum atomic E-state index is 12.0. The number of rotatable bonds is 6. The van der Waals surface area contributed by atoms with Crippen LogP contribution in [0.4, 0.5) is 0 Å². The van der Waals surface area contributed by atoms with E-state index in [9.17, 15) is 4.79 Å². The summed E-state index contributed by atoms with van der Waals surface area (Å²) in [6, 6.07) is 4.03. The summed E-state index contributed by atoms with van der Waals surface area (Å²) in [5.41, 5.74) is 1.38. The van der Waals surface area contributed by atoms with E-state index in [1.54, 1.807) is 6.20 Å². The van der Waals surface area contributed by atoms with Crippen LogP contribution in [0.1, 0.15) is 46.1 Å². The van der Waals surface area contributed by atoms with Crippen molar-refractivity contribution in [1.29, 1.82) is 0 Å². The average molecular weight is 275 g/mol. The first-order valence-electron chi connectivity index (χ1n) is 7.43. The number of aromatic nitrogens is 1. The van der Waals surface area contributed by atoms with Gasteiger partial charge in [-0.1, -0.05) is 33.8 Å². The van der Waals surface area contributed by atoms with Gasteiger partial charge >= 0.3 is 5.97 Å². The second-order valence-corrected chi connectivity index (χ2v) is 6.86. The lowest BCUT2D eigenvalue weighted by atomic mass is 10.0. The van der Waals surface area contributed by atoms with Gasteiger partial charge in [-0.25, -0.2) is 0 Å². The van der Waals surface area contributed by atoms with Gasteiger partial charge in [0.15, 0.2) is 0 Å². The Morgan fingerprint density at radius 1 is 1.25 bits per heavy atom. The topological polar surface area (TPSA) is 39.2 Å². The number of nitrogens with zero attached hydrogens (tertiary/aromatic N) is 1. The predicted octanol–water partition coefficient (Wildman–Crippen LogP) is 3.63. The average Bonchev–Trinajstić information content (AvgIpc) is 2.80. The van der Waals surface area contributed by atoms with Gasteiger partial charge in [0.2, 0.25) is 0 Å². The van der Waals surface area contributed by atoms with Crippen LogP contribution >= 0.6 is 0 Å². The summed E-state index contributed by atoms with van der Waals surface area (Å²) in [6.07, 6.45) is 6.60. The van der Waals surface area contributed by atoms with Crippen molar-refractivity contribution in [2.24, 2.45) is 16.7 Å². The van der Waals surface area contributed by atoms with E-state index < -0.39 is 0 Å². The summed E-state index contributed by atoms with van der Waals surface area (Å²) in [4.78, 5) is 16.1. The molecule has 3 heteroatoms. The third-order valence-electron chi connectivity index (χ3n) is 5.08. The molecule has 1 heterocycles. The molecular weight excluding hydrogens is 250 g/mol. The second kappa shape index (κ2) is 5.55. The zero-order valence-corrected chi connectivity index (χ0v) is 13.0. The van der Waals surface area contributed by atoms with E-state index in [1.165, 1.54) is 5.56 Å². The van der Waals surface area contributed by atoms with E-state index in [0.717, 1.165) is 19.3 Å². The molecular formula is C17H25NO2. The van der Waals surface area contributed by atoms with Crippen LogP contribution in [0.3, 0.4) is 0 Å². The minimum Gasteiger partial charge on any atom is -0.465 e. The first-order chi connectivity index (χ1) is 9.37. The molecule has 110 valence electrons. The number of pyridine rings is 1. The summed E-state index contributed by atoms with van der Waals surface area (Å²) in [5, 5.41) is 0. The Hall–Kier alpha value is -1.38. The molecule has 3 nitrogen and oxygen atoms in total. The molecule has 0 saturated heterocycles. The fourth-order valence-corrected chi connectivity index (χ4v) is 3.02. The van der Waals surface area contributed by atoms with E-state index in [0.29, 0.717) is 6.61 Å². The lowest BCUT2D eigenvalue weighted by Crippen LogP contribution is -2.12. The minimum absolute atomic E-state index is 0.0265. The zero-order chi connectivity index (χ0) is 14.8. The molecule has 0 radical (unpaired) electrons. The number of esters is 1. The highest BCUT2D eigenvalue weighted by Gasteiger charge is 2.69. The van der Waals surface area contributed by atoms with Crippen molar-refractivity contribution in [2.75, 3.05) is 6.61 Å². The molecule has 1 aliphatic carbocycles. The van der Waals surface area contributed by atoms with Crippen molar-refractivity contribution < 1.29 is 9.53 Å². The molecule has 20 heavy (non-hydrogen) atoms. The van der Waals surface area contributed by atoms with E-state index in [2.05, 4.69) is 38.7 Å². The molecule has 0 amide bonds. The van der Waals surface area contributed by atoms with Gasteiger partial charge in [0.25, 0.3) is 0 Å². The highest BCUT2D eigenvalue weighted by molar-refractivity contribution is 5.78. The highest BCUT2D eigenvalue weighted by atomic mass is 16.5. The van der Waals surface area contributed by atoms with E-state index >= 15 is 0 Å². The maximum Gasteiger partial charge on any atom is 0.310 e. The highest BCUT2D eigenvalue weighted by Crippen LogP contribution is 2.68. The lowest BCUT2D eigenvalue weighted by molar-refractivity contribution is -0.146. The standard InChI is InChI=1S/C17H25NO2/c1-16(2)14(17(16,3)4)15(19)20-11-6-5-8-13-9-7-10-18-12-13/h7,9-10,12,14H,5-6,8,11H2,1-4H3. The van der Waals surface area contributed by atoms with Crippen molar-refractivity contribution >= 4 is 5.97 Å². The van der Waals surface area contributed by atoms with Gasteiger partial charge in [-0.3, -0.25) is 9.78 Å². The Bertz CT molecular complexity index is 451. The van der Waals surface area contributed by atoms with Crippen molar-refractivity contribution in [3.63, 3.8) is 0 Å². The van der Waals surface area contributed by atoms with Gasteiger partial charge in [-0.15, -0.1) is 0 Å². The van der Waals surface area contributed by atoms with E-state index in [-0.39, 0.29) is 22.7 Å². The van der Waals surface area contributed by atoms with Crippen LogP contribution in [-0.2, 0) is 16.0 Å². The van der Waals surface area contributed by atoms with Gasteiger partial charge in [0, 0.05) is 12.4 Å². The summed E-state index contributed by atoms with van der Waals surface area (Å²) in [5.74, 6) is 0.0229. The van der Waals surface area contributed by atoms with Gasteiger partial charge in [0.1, 0.15) is 0 Å². The van der Waals surface area contributed by atoms with E-state index in [1.807, 2.05) is 12.3 Å². The smallest absolute Gasteiger partial charge is 0.310 e. The van der Waals surface area contributed by atoms with Gasteiger partial charge in [0.05, 0.1) is 12.5 Å². The van der Waals surface area contributed by atoms with Crippen LogP contribution in [0.25, 0.3) is 0 Å². The maximum absolute atomic E-state index is 12.0. The Balaban J connectivity index is 1.64. The molecule has 0 spiro atoms. The molecule has 0 N–H and O–H groups in total. The number of hydrogen-bond donors (Lipinski definition) is 0. The van der Waals surface area contributed by atoms with Crippen LogP contribution in [0.15, 0.2) is 24.5 Å². The fraction of sp³-hybridized carbons (Fsp3) is 0.647. The van der Waals surface area contributed by atoms with Crippen LogP contribution in [0.2, 0.25) is 0 Å². The third-order valence-corrected chi connectivity index (χ3v) is 5.08. The van der Waals surface area contributed by atoms with Gasteiger partial charge in [-0.2, -0.15) is 0 Å². The first-order valence-corrected chi connectivity index (χ1v) is 7.43. The Morgan fingerprint density at radius 3 is 2.50 bits per heavy atom. The predicted molar refractivity (Wildman–Crippen MR) is 79.2 cm³/mol. The monoisotopic (exact) mass is 275 g/mol. The molecule has 1 aliphatic rings. The quantitative estimate of drug-likeness (QED) is 0.588. The molecule has 1 aromatic rings. The molecule has 0 atom stereocenters. The SMILES string of the molecule is CC1(C)C(C(=O)OCCCCc2cccnc2)C1(C)C. The Morgan fingerprint density at radius 2 is 1.95 bits per heavy atom. The summed E-state index contributed by atoms with van der Waals surface area (Å²) >= 11 is 0. The fourth-order valence-electron chi connectivity index (χ4n) is 3.02.